The summed E-state index contributed by atoms with van der Waals surface area (Å²) in [7, 11) is 0. The number of pyridine rings is 1. The molecule has 27 heavy (non-hydrogen) atoms. The lowest BCUT2D eigenvalue weighted by Crippen LogP contribution is -2.50. The molecule has 0 saturated heterocycles. The highest BCUT2D eigenvalue weighted by Gasteiger charge is 2.44. The normalized spacial score (nSPS) is 18.1. The van der Waals surface area contributed by atoms with Crippen LogP contribution in [0.3, 0.4) is 0 Å². The summed E-state index contributed by atoms with van der Waals surface area (Å²) in [5.41, 5.74) is 0.146. The lowest BCUT2D eigenvalue weighted by atomic mass is 9.78. The van der Waals surface area contributed by atoms with Crippen molar-refractivity contribution >= 4 is 56.2 Å². The van der Waals surface area contributed by atoms with Gasteiger partial charge in [-0.2, -0.15) is 0 Å². The Labute approximate surface area is 185 Å². The number of benzene rings is 1. The van der Waals surface area contributed by atoms with E-state index in [1.54, 1.807) is 12.3 Å². The number of hydrogen-bond donors (Lipinski definition) is 1. The zero-order valence-electron chi connectivity index (χ0n) is 15.1. The molecule has 2 heterocycles. The number of amides is 1. The first kappa shape index (κ1) is 20.7. The van der Waals surface area contributed by atoms with Crippen LogP contribution in [0.15, 0.2) is 34.9 Å². The number of halogens is 3. The van der Waals surface area contributed by atoms with Crippen LogP contribution in [0.2, 0.25) is 5.15 Å². The molecular weight excluding hydrogens is 546 g/mol. The number of carbonyl (C=O) groups excluding carboxylic acids is 1. The average molecular weight is 566 g/mol. The first-order valence-corrected chi connectivity index (χ1v) is 11.1. The Kier molecular flexibility index (Phi) is 5.93. The molecule has 1 aromatic heterocycles. The molecule has 1 aliphatic heterocycles. The van der Waals surface area contributed by atoms with E-state index in [1.807, 2.05) is 39.0 Å². The molecule has 0 saturated carbocycles. The van der Waals surface area contributed by atoms with Gasteiger partial charge in [0.05, 0.1) is 6.20 Å². The number of alkyl halides is 1. The molecule has 0 bridgehead atoms. The zero-order valence-corrected chi connectivity index (χ0v) is 19.6. The number of fused-ring (bicyclic) bond motifs is 2. The Morgan fingerprint density at radius 1 is 1.33 bits per heavy atom. The topological polar surface area (TPSA) is 60.5 Å². The number of nitrogens with zero attached hydrogens (tertiary/aromatic N) is 1. The summed E-state index contributed by atoms with van der Waals surface area (Å²) in [6.45, 7) is 5.50. The van der Waals surface area contributed by atoms with E-state index in [-0.39, 0.29) is 0 Å². The molecule has 144 valence electrons. The van der Waals surface area contributed by atoms with Crippen LogP contribution in [0, 0.1) is 0 Å². The monoisotopic (exact) mass is 564 g/mol. The predicted octanol–water partition coefficient (Wildman–Crippen LogP) is 6.20. The van der Waals surface area contributed by atoms with Crippen molar-refractivity contribution in [2.75, 3.05) is 4.43 Å². The van der Waals surface area contributed by atoms with Crippen LogP contribution in [0.25, 0.3) is 0 Å². The van der Waals surface area contributed by atoms with E-state index in [2.05, 4.69) is 48.8 Å². The first-order chi connectivity index (χ1) is 12.6. The fourth-order valence-electron chi connectivity index (χ4n) is 3.11. The highest BCUT2D eigenvalue weighted by molar-refractivity contribution is 14.1. The van der Waals surface area contributed by atoms with E-state index < -0.39 is 17.2 Å². The summed E-state index contributed by atoms with van der Waals surface area (Å²) in [6.07, 6.45) is 1.72. The van der Waals surface area contributed by atoms with Gasteiger partial charge in [-0.25, -0.2) is 9.78 Å². The van der Waals surface area contributed by atoms with Crippen LogP contribution in [-0.2, 0) is 10.3 Å². The Bertz CT molecular complexity index is 834. The van der Waals surface area contributed by atoms with Crippen LogP contribution in [0.1, 0.15) is 38.3 Å². The number of rotatable bonds is 3. The van der Waals surface area contributed by atoms with Crippen molar-refractivity contribution in [1.29, 1.82) is 0 Å². The van der Waals surface area contributed by atoms with Crippen LogP contribution < -0.4 is 10.1 Å². The molecule has 0 fully saturated rings. The maximum Gasteiger partial charge on any atom is 0.408 e. The van der Waals surface area contributed by atoms with Gasteiger partial charge in [0, 0.05) is 20.0 Å². The second kappa shape index (κ2) is 7.75. The van der Waals surface area contributed by atoms with E-state index >= 15 is 0 Å². The van der Waals surface area contributed by atoms with Gasteiger partial charge in [0.1, 0.15) is 22.0 Å². The number of alkyl carbamates (subject to hydrolysis) is 1. The minimum atomic E-state index is -0.844. The lowest BCUT2D eigenvalue weighted by Gasteiger charge is -2.40. The molecular formula is C19H19BrClIN2O3. The van der Waals surface area contributed by atoms with Crippen LogP contribution in [0.4, 0.5) is 4.79 Å². The van der Waals surface area contributed by atoms with Gasteiger partial charge in [0.2, 0.25) is 0 Å². The van der Waals surface area contributed by atoms with E-state index in [0.29, 0.717) is 23.1 Å². The van der Waals surface area contributed by atoms with Crippen molar-refractivity contribution in [3.63, 3.8) is 0 Å². The summed E-state index contributed by atoms with van der Waals surface area (Å²) in [5, 5.41) is 3.44. The van der Waals surface area contributed by atoms with Gasteiger partial charge in [0.15, 0.2) is 5.75 Å². The van der Waals surface area contributed by atoms with Crippen LogP contribution in [0.5, 0.6) is 11.5 Å². The molecule has 8 heteroatoms. The van der Waals surface area contributed by atoms with Crippen LogP contribution >= 0.6 is 50.1 Å². The standard InChI is InChI=1S/C19H19BrClIN2O3/c1-18(2,3)27-17(25)24-19(6-7-22)12-8-11(20)4-5-14(12)26-15-10-23-16(21)9-13(15)19/h4-5,8-10H,6-7H2,1-3H3,(H,24,25)/t19-/m0/s1. The molecule has 0 spiro atoms. The SMILES string of the molecule is CC(C)(C)OC(=O)N[C@@]1(CCI)c2cc(Br)ccc2Oc2cnc(Cl)cc21. The molecule has 1 aliphatic rings. The minimum absolute atomic E-state index is 0.333. The largest absolute Gasteiger partial charge is 0.455 e. The summed E-state index contributed by atoms with van der Waals surface area (Å²) in [4.78, 5) is 16.9. The summed E-state index contributed by atoms with van der Waals surface area (Å²) in [6, 6.07) is 7.46. The zero-order chi connectivity index (χ0) is 19.8. The molecule has 1 aromatic carbocycles. The summed E-state index contributed by atoms with van der Waals surface area (Å²) < 4.78 is 13.3. The van der Waals surface area contributed by atoms with Crippen molar-refractivity contribution in [3.8, 4) is 11.5 Å². The quantitative estimate of drug-likeness (QED) is 0.274. The van der Waals surface area contributed by atoms with Gasteiger partial charge in [-0.3, -0.25) is 0 Å². The van der Waals surface area contributed by atoms with Gasteiger partial charge >= 0.3 is 6.09 Å². The van der Waals surface area contributed by atoms with Gasteiger partial charge < -0.3 is 14.8 Å². The first-order valence-electron chi connectivity index (χ1n) is 8.36. The highest BCUT2D eigenvalue weighted by Crippen LogP contribution is 2.49. The lowest BCUT2D eigenvalue weighted by molar-refractivity contribution is 0.0465. The number of nitrogens with one attached hydrogen (secondary N) is 1. The molecule has 1 amide bonds. The Hall–Kier alpha value is -1.06. The molecule has 1 atom stereocenters. The molecule has 0 radical (unpaired) electrons. The Morgan fingerprint density at radius 2 is 2.04 bits per heavy atom. The molecule has 0 aliphatic carbocycles. The molecule has 3 rings (SSSR count). The van der Waals surface area contributed by atoms with Crippen LogP contribution in [-0.4, -0.2) is 21.1 Å². The minimum Gasteiger partial charge on any atom is -0.455 e. The number of hydrogen-bond acceptors (Lipinski definition) is 4. The second-order valence-corrected chi connectivity index (χ2v) is 9.60. The van der Waals surface area contributed by atoms with Gasteiger partial charge in [-0.1, -0.05) is 50.1 Å². The van der Waals surface area contributed by atoms with Gasteiger partial charge in [0.25, 0.3) is 0 Å². The van der Waals surface area contributed by atoms with Gasteiger partial charge in [-0.05, 0) is 51.5 Å². The molecule has 0 unspecified atom stereocenters. The smallest absolute Gasteiger partial charge is 0.408 e. The summed E-state index contributed by atoms with van der Waals surface area (Å²) >= 11 is 12.0. The third-order valence-electron chi connectivity index (χ3n) is 4.10. The maximum absolute atomic E-state index is 12.8. The number of ether oxygens (including phenoxy) is 2. The van der Waals surface area contributed by atoms with E-state index in [0.717, 1.165) is 20.0 Å². The highest BCUT2D eigenvalue weighted by atomic mass is 127. The van der Waals surface area contributed by atoms with Crippen molar-refractivity contribution < 1.29 is 14.3 Å². The molecule has 1 N–H and O–H groups in total. The number of carbonyl (C=O) groups is 1. The van der Waals surface area contributed by atoms with Gasteiger partial charge in [-0.15, -0.1) is 0 Å². The fraction of sp³-hybridized carbons (Fsp3) is 0.368. The van der Waals surface area contributed by atoms with Crippen molar-refractivity contribution in [3.05, 3.63) is 51.2 Å². The van der Waals surface area contributed by atoms with E-state index in [9.17, 15) is 4.79 Å². The number of aromatic nitrogens is 1. The summed E-state index contributed by atoms with van der Waals surface area (Å²) in [5.74, 6) is 1.23. The van der Waals surface area contributed by atoms with Crippen molar-refractivity contribution in [2.24, 2.45) is 0 Å². The Morgan fingerprint density at radius 3 is 2.70 bits per heavy atom. The average Bonchev–Trinajstić information content (AvgIpc) is 2.55. The van der Waals surface area contributed by atoms with Crippen molar-refractivity contribution in [1.82, 2.24) is 10.3 Å². The fourth-order valence-corrected chi connectivity index (χ4v) is 4.43. The van der Waals surface area contributed by atoms with E-state index in [1.165, 1.54) is 0 Å². The molecule has 5 nitrogen and oxygen atoms in total. The second-order valence-electron chi connectivity index (χ2n) is 7.22. The predicted molar refractivity (Wildman–Crippen MR) is 117 cm³/mol. The third-order valence-corrected chi connectivity index (χ3v) is 5.34. The third kappa shape index (κ3) is 4.35. The molecule has 2 aromatic rings. The van der Waals surface area contributed by atoms with Crippen molar-refractivity contribution in [2.45, 2.75) is 38.3 Å². The van der Waals surface area contributed by atoms with E-state index in [4.69, 9.17) is 21.1 Å². The maximum atomic E-state index is 12.8. The Balaban J connectivity index is 2.19.